The summed E-state index contributed by atoms with van der Waals surface area (Å²) in [5.74, 6) is 0.868. The van der Waals surface area contributed by atoms with Crippen LogP contribution in [0.5, 0.6) is 5.75 Å². The van der Waals surface area contributed by atoms with Crippen LogP contribution >= 0.6 is 0 Å². The third-order valence-corrected chi connectivity index (χ3v) is 4.49. The molecule has 0 aliphatic heterocycles. The molecule has 0 aromatic heterocycles. The van der Waals surface area contributed by atoms with Crippen molar-refractivity contribution < 1.29 is 13.9 Å². The largest absolute Gasteiger partial charge is 0.478 e. The molecule has 1 N–H and O–H groups in total. The molecule has 1 aliphatic carbocycles. The van der Waals surface area contributed by atoms with Crippen LogP contribution in [-0.2, 0) is 4.79 Å². The molecule has 122 valence electrons. The van der Waals surface area contributed by atoms with Crippen molar-refractivity contribution in [1.29, 1.82) is 0 Å². The molecule has 1 aliphatic rings. The molecule has 0 atom stereocenters. The monoisotopic (exact) mass is 307 g/mol. The summed E-state index contributed by atoms with van der Waals surface area (Å²) in [5.41, 5.74) is -0.973. The van der Waals surface area contributed by atoms with Gasteiger partial charge in [0.15, 0.2) is 5.60 Å². The molecule has 1 aromatic carbocycles. The van der Waals surface area contributed by atoms with Crippen LogP contribution in [0.4, 0.5) is 4.39 Å². The molecule has 22 heavy (non-hydrogen) atoms. The number of hydrogen-bond acceptors (Lipinski definition) is 2. The van der Waals surface area contributed by atoms with Crippen molar-refractivity contribution in [3.63, 3.8) is 0 Å². The predicted octanol–water partition coefficient (Wildman–Crippen LogP) is 4.07. The molecule has 1 amide bonds. The molecule has 1 fully saturated rings. The molecule has 4 heteroatoms. The highest BCUT2D eigenvalue weighted by Gasteiger charge is 2.32. The number of carbonyl (C=O) groups excluding carboxylic acids is 1. The maximum Gasteiger partial charge on any atom is 0.263 e. The Balaban J connectivity index is 1.88. The Morgan fingerprint density at radius 2 is 1.82 bits per heavy atom. The van der Waals surface area contributed by atoms with Crippen LogP contribution in [0.3, 0.4) is 0 Å². The number of benzene rings is 1. The first kappa shape index (κ1) is 16.8. The van der Waals surface area contributed by atoms with E-state index in [1.54, 1.807) is 13.8 Å². The molecule has 1 aromatic rings. The van der Waals surface area contributed by atoms with E-state index >= 15 is 0 Å². The third-order valence-electron chi connectivity index (χ3n) is 4.49. The number of ether oxygens (including phenoxy) is 1. The van der Waals surface area contributed by atoms with Crippen molar-refractivity contribution in [3.05, 3.63) is 30.1 Å². The molecule has 3 nitrogen and oxygen atoms in total. The van der Waals surface area contributed by atoms with E-state index in [-0.39, 0.29) is 17.8 Å². The minimum atomic E-state index is -0.973. The fourth-order valence-electron chi connectivity index (χ4n) is 2.92. The fraction of sp³-hybridized carbons (Fsp3) is 0.611. The molecular weight excluding hydrogens is 281 g/mol. The second-order valence-corrected chi connectivity index (χ2v) is 6.67. The number of amides is 1. The first-order valence-electron chi connectivity index (χ1n) is 8.16. The molecule has 0 saturated heterocycles. The van der Waals surface area contributed by atoms with E-state index in [2.05, 4.69) is 12.2 Å². The lowest BCUT2D eigenvalue weighted by Gasteiger charge is -2.32. The fourth-order valence-corrected chi connectivity index (χ4v) is 2.92. The van der Waals surface area contributed by atoms with Crippen molar-refractivity contribution in [2.75, 3.05) is 0 Å². The molecule has 0 bridgehead atoms. The maximum atomic E-state index is 12.9. The molecule has 0 spiro atoms. The average Bonchev–Trinajstić information content (AvgIpc) is 2.50. The lowest BCUT2D eigenvalue weighted by Crippen LogP contribution is -2.50. The van der Waals surface area contributed by atoms with Gasteiger partial charge in [-0.05, 0) is 69.7 Å². The zero-order valence-electron chi connectivity index (χ0n) is 13.7. The summed E-state index contributed by atoms with van der Waals surface area (Å²) < 4.78 is 18.6. The predicted molar refractivity (Wildman–Crippen MR) is 85.3 cm³/mol. The first-order chi connectivity index (χ1) is 10.4. The van der Waals surface area contributed by atoms with Gasteiger partial charge >= 0.3 is 0 Å². The van der Waals surface area contributed by atoms with E-state index in [9.17, 15) is 9.18 Å². The smallest absolute Gasteiger partial charge is 0.263 e. The summed E-state index contributed by atoms with van der Waals surface area (Å²) in [7, 11) is 0. The molecular formula is C18H26FNO2. The van der Waals surface area contributed by atoms with Gasteiger partial charge in [0.1, 0.15) is 11.6 Å². The Bertz CT molecular complexity index is 490. The van der Waals surface area contributed by atoms with Gasteiger partial charge in [-0.2, -0.15) is 0 Å². The van der Waals surface area contributed by atoms with Crippen molar-refractivity contribution in [2.45, 2.75) is 64.5 Å². The van der Waals surface area contributed by atoms with Crippen molar-refractivity contribution in [2.24, 2.45) is 5.92 Å². The van der Waals surface area contributed by atoms with E-state index in [1.165, 1.54) is 43.5 Å². The summed E-state index contributed by atoms with van der Waals surface area (Å²) >= 11 is 0. The van der Waals surface area contributed by atoms with Crippen molar-refractivity contribution in [3.8, 4) is 5.75 Å². The SMILES string of the molecule is CCC1CCC(NC(=O)C(C)(C)Oc2ccc(F)cc2)CC1. The molecule has 1 saturated carbocycles. The van der Waals surface area contributed by atoms with Gasteiger partial charge in [-0.3, -0.25) is 4.79 Å². The van der Waals surface area contributed by atoms with Gasteiger partial charge in [0, 0.05) is 6.04 Å². The molecule has 0 unspecified atom stereocenters. The average molecular weight is 307 g/mol. The highest BCUT2D eigenvalue weighted by atomic mass is 19.1. The van der Waals surface area contributed by atoms with Gasteiger partial charge < -0.3 is 10.1 Å². The Morgan fingerprint density at radius 1 is 1.23 bits per heavy atom. The number of carbonyl (C=O) groups is 1. The number of hydrogen-bond donors (Lipinski definition) is 1. The van der Waals surface area contributed by atoms with Gasteiger partial charge in [-0.15, -0.1) is 0 Å². The van der Waals surface area contributed by atoms with Gasteiger partial charge in [0.05, 0.1) is 0 Å². The highest BCUT2D eigenvalue weighted by Crippen LogP contribution is 2.27. The van der Waals surface area contributed by atoms with Gasteiger partial charge in [0.2, 0.25) is 0 Å². The summed E-state index contributed by atoms with van der Waals surface area (Å²) in [4.78, 5) is 12.4. The maximum absolute atomic E-state index is 12.9. The standard InChI is InChI=1S/C18H26FNO2/c1-4-13-5-9-15(10-6-13)20-17(21)18(2,3)22-16-11-7-14(19)8-12-16/h7-8,11-13,15H,4-6,9-10H2,1-3H3,(H,20,21). The van der Waals surface area contributed by atoms with Crippen LogP contribution in [0.1, 0.15) is 52.9 Å². The lowest BCUT2D eigenvalue weighted by molar-refractivity contribution is -0.135. The van der Waals surface area contributed by atoms with E-state index in [0.29, 0.717) is 5.75 Å². The second kappa shape index (κ2) is 7.12. The van der Waals surface area contributed by atoms with E-state index < -0.39 is 5.60 Å². The Labute approximate surface area is 132 Å². The molecule has 0 heterocycles. The topological polar surface area (TPSA) is 38.3 Å². The summed E-state index contributed by atoms with van der Waals surface area (Å²) in [5, 5.41) is 3.10. The third kappa shape index (κ3) is 4.46. The van der Waals surface area contributed by atoms with Crippen LogP contribution in [-0.4, -0.2) is 17.6 Å². The van der Waals surface area contributed by atoms with Crippen molar-refractivity contribution in [1.82, 2.24) is 5.32 Å². The first-order valence-corrected chi connectivity index (χ1v) is 8.16. The molecule has 0 radical (unpaired) electrons. The zero-order valence-corrected chi connectivity index (χ0v) is 13.7. The quantitative estimate of drug-likeness (QED) is 0.890. The summed E-state index contributed by atoms with van der Waals surface area (Å²) in [6.45, 7) is 5.70. The minimum Gasteiger partial charge on any atom is -0.478 e. The summed E-state index contributed by atoms with van der Waals surface area (Å²) in [6, 6.07) is 5.98. The summed E-state index contributed by atoms with van der Waals surface area (Å²) in [6.07, 6.45) is 5.66. The van der Waals surface area contributed by atoms with Gasteiger partial charge in [-0.25, -0.2) is 4.39 Å². The van der Waals surface area contributed by atoms with Crippen LogP contribution < -0.4 is 10.1 Å². The highest BCUT2D eigenvalue weighted by molar-refractivity contribution is 5.85. The Kier molecular flexibility index (Phi) is 5.43. The Morgan fingerprint density at radius 3 is 2.36 bits per heavy atom. The minimum absolute atomic E-state index is 0.114. The zero-order chi connectivity index (χ0) is 16.2. The second-order valence-electron chi connectivity index (χ2n) is 6.67. The number of nitrogens with one attached hydrogen (secondary N) is 1. The van der Waals surface area contributed by atoms with Crippen LogP contribution in [0.2, 0.25) is 0 Å². The van der Waals surface area contributed by atoms with Crippen LogP contribution in [0, 0.1) is 11.7 Å². The van der Waals surface area contributed by atoms with E-state index in [0.717, 1.165) is 18.8 Å². The van der Waals surface area contributed by atoms with Crippen LogP contribution in [0.25, 0.3) is 0 Å². The Hall–Kier alpha value is -1.58. The molecule has 2 rings (SSSR count). The lowest BCUT2D eigenvalue weighted by atomic mass is 9.84. The van der Waals surface area contributed by atoms with E-state index in [4.69, 9.17) is 4.74 Å². The van der Waals surface area contributed by atoms with Gasteiger partial charge in [0.25, 0.3) is 5.91 Å². The number of halogens is 1. The number of rotatable bonds is 5. The van der Waals surface area contributed by atoms with Gasteiger partial charge in [-0.1, -0.05) is 13.3 Å². The normalized spacial score (nSPS) is 22.2. The van der Waals surface area contributed by atoms with Crippen molar-refractivity contribution >= 4 is 5.91 Å². The van der Waals surface area contributed by atoms with E-state index in [1.807, 2.05) is 0 Å². The van der Waals surface area contributed by atoms with Crippen LogP contribution in [0.15, 0.2) is 24.3 Å².